The topological polar surface area (TPSA) is 125 Å². The Bertz CT molecular complexity index is 2140. The molecular weight excluding hydrogens is 765 g/mol. The summed E-state index contributed by atoms with van der Waals surface area (Å²) in [6.07, 6.45) is 4.72. The highest BCUT2D eigenvalue weighted by Crippen LogP contribution is 2.44. The van der Waals surface area contributed by atoms with Crippen LogP contribution < -0.4 is 19.9 Å². The van der Waals surface area contributed by atoms with Gasteiger partial charge in [0.05, 0.1) is 34.9 Å². The highest BCUT2D eigenvalue weighted by atomic mass is 35.5. The number of alkyl halides is 1. The molecule has 0 spiro atoms. The first-order valence-corrected chi connectivity index (χ1v) is 21.2. The summed E-state index contributed by atoms with van der Waals surface area (Å²) in [5.74, 6) is 1.68. The van der Waals surface area contributed by atoms with Crippen molar-refractivity contribution in [3.05, 3.63) is 111 Å². The molecule has 1 atom stereocenters. The number of rotatable bonds is 19. The van der Waals surface area contributed by atoms with Gasteiger partial charge in [0.15, 0.2) is 0 Å². The third-order valence-corrected chi connectivity index (χ3v) is 11.7. The molecule has 2 N–H and O–H groups in total. The van der Waals surface area contributed by atoms with Crippen LogP contribution in [0.4, 0.5) is 4.39 Å². The zero-order valence-electron chi connectivity index (χ0n) is 34.4. The van der Waals surface area contributed by atoms with Gasteiger partial charge in [0, 0.05) is 50.3 Å². The molecule has 11 heteroatoms. The lowest BCUT2D eigenvalue weighted by Gasteiger charge is -2.28. The molecular formula is C48H55ClFN5O4. The van der Waals surface area contributed by atoms with Gasteiger partial charge >= 0.3 is 0 Å². The van der Waals surface area contributed by atoms with E-state index in [1.54, 1.807) is 18.2 Å². The van der Waals surface area contributed by atoms with Gasteiger partial charge in [-0.05, 0) is 136 Å². The second kappa shape index (κ2) is 20.7. The van der Waals surface area contributed by atoms with Crippen LogP contribution in [-0.2, 0) is 24.4 Å². The minimum atomic E-state index is -0.663. The summed E-state index contributed by atoms with van der Waals surface area (Å²) in [6, 6.07) is 25.9. The first kappa shape index (κ1) is 43.4. The first-order valence-electron chi connectivity index (χ1n) is 20.8. The zero-order chi connectivity index (χ0) is 41.9. The minimum Gasteiger partial charge on any atom is -0.493 e. The molecule has 0 unspecified atom stereocenters. The van der Waals surface area contributed by atoms with Crippen LogP contribution in [0, 0.1) is 29.6 Å². The average molecular weight is 820 g/mol. The number of hydrogen-bond donors (Lipinski definition) is 1. The van der Waals surface area contributed by atoms with Gasteiger partial charge in [-0.1, -0.05) is 41.9 Å². The van der Waals surface area contributed by atoms with Crippen LogP contribution >= 0.6 is 11.6 Å². The van der Waals surface area contributed by atoms with Gasteiger partial charge in [-0.3, -0.25) is 9.69 Å². The molecule has 0 aromatic heterocycles. The molecule has 1 fully saturated rings. The van der Waals surface area contributed by atoms with Gasteiger partial charge in [0.25, 0.3) is 0 Å². The first-order chi connectivity index (χ1) is 28.5. The molecule has 59 heavy (non-hydrogen) atoms. The number of nitrogens with zero attached hydrogens (tertiary/aromatic N) is 4. The number of nitrogens with two attached hydrogens (primary N) is 1. The average Bonchev–Trinajstić information content (AvgIpc) is 3.64. The number of fused-ring (bicyclic) bond motifs is 1. The monoisotopic (exact) mass is 819 g/mol. The molecule has 2 aliphatic rings. The zero-order valence-corrected chi connectivity index (χ0v) is 35.2. The molecule has 1 amide bonds. The Morgan fingerprint density at radius 3 is 2.37 bits per heavy atom. The molecule has 1 aliphatic carbocycles. The molecule has 4 aromatic carbocycles. The van der Waals surface area contributed by atoms with Crippen LogP contribution in [0.5, 0.6) is 17.2 Å². The Morgan fingerprint density at radius 2 is 1.66 bits per heavy atom. The summed E-state index contributed by atoms with van der Waals surface area (Å²) < 4.78 is 33.1. The third kappa shape index (κ3) is 11.5. The van der Waals surface area contributed by atoms with Crippen LogP contribution in [0.3, 0.4) is 0 Å². The predicted octanol–water partition coefficient (Wildman–Crippen LogP) is 9.77. The molecule has 9 nitrogen and oxygen atoms in total. The van der Waals surface area contributed by atoms with E-state index >= 15 is 0 Å². The van der Waals surface area contributed by atoms with E-state index in [0.29, 0.717) is 72.0 Å². The normalized spacial score (nSPS) is 15.5. The summed E-state index contributed by atoms with van der Waals surface area (Å²) in [6.45, 7) is 10.9. The number of piperidine rings is 1. The standard InChI is InChI=1S/C48H55ClFN5O4/c1-32(2)55(19-5-4-13-48(53)56)30-37-26-43(49)47(27-46(37)58-31-36-24-34(28-51)23-35(25-36)29-52)59-45-15-14-41-40(10-6-11-42(41)45)39-9-7-12-44(33(39)3)57-22-8-18-54-20-16-38(50)17-21-54/h6-7,9-12,23-27,32,38,45H,4-5,8,13-22,30-31H2,1-3H3,(H2,53,56)/t45-/m0/s1. The van der Waals surface area contributed by atoms with Crippen molar-refractivity contribution in [3.63, 3.8) is 0 Å². The fourth-order valence-electron chi connectivity index (χ4n) is 8.14. The minimum absolute atomic E-state index is 0.135. The molecule has 1 heterocycles. The summed E-state index contributed by atoms with van der Waals surface area (Å²) in [7, 11) is 0. The number of carbonyl (C=O) groups is 1. The largest absolute Gasteiger partial charge is 0.493 e. The van der Waals surface area contributed by atoms with Crippen LogP contribution in [0.1, 0.15) is 104 Å². The van der Waals surface area contributed by atoms with E-state index < -0.39 is 6.17 Å². The lowest BCUT2D eigenvalue weighted by Crippen LogP contribution is -2.35. The summed E-state index contributed by atoms with van der Waals surface area (Å²) in [5, 5.41) is 19.6. The van der Waals surface area contributed by atoms with E-state index in [1.807, 2.05) is 24.3 Å². The van der Waals surface area contributed by atoms with Crippen molar-refractivity contribution in [1.82, 2.24) is 9.80 Å². The molecule has 4 aromatic rings. The number of primary amides is 1. The highest BCUT2D eigenvalue weighted by Gasteiger charge is 2.29. The Labute approximate surface area is 353 Å². The number of unbranched alkanes of at least 4 members (excludes halogenated alkanes) is 1. The molecule has 1 saturated heterocycles. The quantitative estimate of drug-likeness (QED) is 0.0928. The maximum absolute atomic E-state index is 13.6. The predicted molar refractivity (Wildman–Crippen MR) is 229 cm³/mol. The smallest absolute Gasteiger partial charge is 0.217 e. The summed E-state index contributed by atoms with van der Waals surface area (Å²) in [5.41, 5.74) is 13.5. The fraction of sp³-hybridized carbons (Fsp3) is 0.438. The molecule has 1 aliphatic heterocycles. The molecule has 0 radical (unpaired) electrons. The fourth-order valence-corrected chi connectivity index (χ4v) is 8.38. The van der Waals surface area contributed by atoms with Crippen LogP contribution in [0.25, 0.3) is 11.1 Å². The van der Waals surface area contributed by atoms with E-state index in [1.165, 1.54) is 5.56 Å². The Kier molecular flexibility index (Phi) is 15.3. The van der Waals surface area contributed by atoms with Crippen LogP contribution in [0.2, 0.25) is 5.02 Å². The van der Waals surface area contributed by atoms with Gasteiger partial charge in [0.2, 0.25) is 5.91 Å². The maximum atomic E-state index is 13.6. The molecule has 0 saturated carbocycles. The van der Waals surface area contributed by atoms with Crippen LogP contribution in [0.15, 0.2) is 66.7 Å². The molecule has 6 rings (SSSR count). The Balaban J connectivity index is 1.21. The van der Waals surface area contributed by atoms with E-state index in [4.69, 9.17) is 31.5 Å². The van der Waals surface area contributed by atoms with E-state index in [0.717, 1.165) is 85.4 Å². The van der Waals surface area contributed by atoms with Crippen molar-refractivity contribution in [3.8, 4) is 40.5 Å². The van der Waals surface area contributed by atoms with E-state index in [9.17, 15) is 19.7 Å². The highest BCUT2D eigenvalue weighted by molar-refractivity contribution is 6.32. The summed E-state index contributed by atoms with van der Waals surface area (Å²) >= 11 is 7.04. The van der Waals surface area contributed by atoms with Gasteiger partial charge in [0.1, 0.15) is 36.1 Å². The van der Waals surface area contributed by atoms with Gasteiger partial charge in [-0.15, -0.1) is 0 Å². The maximum Gasteiger partial charge on any atom is 0.217 e. The summed E-state index contributed by atoms with van der Waals surface area (Å²) in [4.78, 5) is 16.0. The Hall–Kier alpha value is -5.13. The second-order valence-corrected chi connectivity index (χ2v) is 16.4. The second-order valence-electron chi connectivity index (χ2n) is 16.0. The molecule has 0 bridgehead atoms. The third-order valence-electron chi connectivity index (χ3n) is 11.4. The number of amides is 1. The van der Waals surface area contributed by atoms with Crippen molar-refractivity contribution < 1.29 is 23.4 Å². The van der Waals surface area contributed by atoms with E-state index in [2.05, 4.69) is 67.0 Å². The number of ether oxygens (including phenoxy) is 3. The lowest BCUT2D eigenvalue weighted by atomic mass is 9.93. The number of carbonyl (C=O) groups excluding carboxylic acids is 1. The van der Waals surface area contributed by atoms with Gasteiger partial charge in [-0.2, -0.15) is 10.5 Å². The van der Waals surface area contributed by atoms with Crippen molar-refractivity contribution >= 4 is 17.5 Å². The lowest BCUT2D eigenvalue weighted by molar-refractivity contribution is -0.118. The van der Waals surface area contributed by atoms with Crippen LogP contribution in [-0.4, -0.2) is 60.7 Å². The van der Waals surface area contributed by atoms with E-state index in [-0.39, 0.29) is 24.7 Å². The Morgan fingerprint density at radius 1 is 0.932 bits per heavy atom. The van der Waals surface area contributed by atoms with Gasteiger partial charge < -0.3 is 24.8 Å². The number of benzene rings is 4. The van der Waals surface area contributed by atoms with Crippen molar-refractivity contribution in [2.24, 2.45) is 5.73 Å². The molecule has 310 valence electrons. The number of halogens is 2. The van der Waals surface area contributed by atoms with Crippen molar-refractivity contribution in [2.45, 2.75) is 104 Å². The van der Waals surface area contributed by atoms with Gasteiger partial charge in [-0.25, -0.2) is 4.39 Å². The number of nitriles is 2. The van der Waals surface area contributed by atoms with Crippen molar-refractivity contribution in [2.75, 3.05) is 32.8 Å². The number of likely N-dealkylation sites (tertiary alicyclic amines) is 1. The van der Waals surface area contributed by atoms with Crippen molar-refractivity contribution in [1.29, 1.82) is 10.5 Å². The SMILES string of the molecule is Cc1c(OCCCN2CCC(F)CC2)cccc1-c1cccc2c1CC[C@@H]2Oc1cc(OCc2cc(C#N)cc(C#N)c2)c(CN(CCCCC(N)=O)C(C)C)cc1Cl. The number of hydrogen-bond acceptors (Lipinski definition) is 8.